The van der Waals surface area contributed by atoms with E-state index in [1.807, 2.05) is 0 Å². The number of aromatic nitrogens is 1. The highest BCUT2D eigenvalue weighted by Crippen LogP contribution is 2.24. The van der Waals surface area contributed by atoms with E-state index in [4.69, 9.17) is 14.4 Å². The van der Waals surface area contributed by atoms with E-state index in [9.17, 15) is 9.59 Å². The molecule has 0 atom stereocenters. The van der Waals surface area contributed by atoms with Crippen molar-refractivity contribution in [2.24, 2.45) is 0 Å². The van der Waals surface area contributed by atoms with Crippen molar-refractivity contribution in [2.75, 3.05) is 11.9 Å². The Morgan fingerprint density at radius 3 is 3.00 bits per heavy atom. The number of nitrogens with zero attached hydrogens (tertiary/aromatic N) is 1. The molecule has 1 amide bonds. The minimum Gasteiger partial charge on any atom is -0.491 e. The summed E-state index contributed by atoms with van der Waals surface area (Å²) in [5.41, 5.74) is 0. The van der Waals surface area contributed by atoms with Gasteiger partial charge in [-0.2, -0.15) is 0 Å². The first kappa shape index (κ1) is 14.1. The molecule has 0 saturated carbocycles. The van der Waals surface area contributed by atoms with Crippen LogP contribution < -0.4 is 10.1 Å². The molecule has 0 aliphatic heterocycles. The van der Waals surface area contributed by atoms with E-state index in [1.165, 1.54) is 0 Å². The molecule has 0 unspecified atom stereocenters. The Morgan fingerprint density at radius 2 is 2.35 bits per heavy atom. The second kappa shape index (κ2) is 6.20. The number of carbonyl (C=O) groups is 2. The number of hydrogen-bond acceptors (Lipinski definition) is 6. The molecular formula is C12H12N2O5S. The SMILES string of the molecule is Cc1cc(NC(=O)CCOc2ccsc2C(=O)O)no1. The summed E-state index contributed by atoms with van der Waals surface area (Å²) >= 11 is 1.07. The maximum absolute atomic E-state index is 11.6. The van der Waals surface area contributed by atoms with Gasteiger partial charge in [0.05, 0.1) is 13.0 Å². The fourth-order valence-corrected chi connectivity index (χ4v) is 2.12. The third-order valence-corrected chi connectivity index (χ3v) is 3.19. The highest BCUT2D eigenvalue weighted by atomic mass is 32.1. The van der Waals surface area contributed by atoms with Crippen LogP contribution in [-0.4, -0.2) is 28.7 Å². The fraction of sp³-hybridized carbons (Fsp3) is 0.250. The lowest BCUT2D eigenvalue weighted by Gasteiger charge is -2.05. The summed E-state index contributed by atoms with van der Waals surface area (Å²) in [6, 6.07) is 3.16. The number of nitrogens with one attached hydrogen (secondary N) is 1. The van der Waals surface area contributed by atoms with Crippen LogP contribution in [0.4, 0.5) is 5.82 Å². The van der Waals surface area contributed by atoms with Crippen LogP contribution in [0.3, 0.4) is 0 Å². The Kier molecular flexibility index (Phi) is 4.36. The molecular weight excluding hydrogens is 284 g/mol. The van der Waals surface area contributed by atoms with Gasteiger partial charge in [0, 0.05) is 6.07 Å². The molecule has 2 rings (SSSR count). The van der Waals surface area contributed by atoms with Crippen molar-refractivity contribution in [3.63, 3.8) is 0 Å². The quantitative estimate of drug-likeness (QED) is 0.847. The summed E-state index contributed by atoms with van der Waals surface area (Å²) in [7, 11) is 0. The van der Waals surface area contributed by atoms with Crippen molar-refractivity contribution in [1.82, 2.24) is 5.16 Å². The van der Waals surface area contributed by atoms with Gasteiger partial charge in [0.1, 0.15) is 11.5 Å². The van der Waals surface area contributed by atoms with Crippen LogP contribution in [0.15, 0.2) is 22.0 Å². The highest BCUT2D eigenvalue weighted by molar-refractivity contribution is 7.12. The highest BCUT2D eigenvalue weighted by Gasteiger charge is 2.13. The zero-order chi connectivity index (χ0) is 14.5. The zero-order valence-electron chi connectivity index (χ0n) is 10.6. The van der Waals surface area contributed by atoms with E-state index in [1.54, 1.807) is 24.4 Å². The number of aryl methyl sites for hydroxylation is 1. The molecule has 0 fully saturated rings. The minimum absolute atomic E-state index is 0.0830. The maximum atomic E-state index is 11.6. The van der Waals surface area contributed by atoms with Gasteiger partial charge in [-0.15, -0.1) is 11.3 Å². The standard InChI is InChI=1S/C12H12N2O5S/c1-7-6-9(14-19-7)13-10(15)2-4-18-8-3-5-20-11(8)12(16)17/h3,5-6H,2,4H2,1H3,(H,16,17)(H,13,14,15). The van der Waals surface area contributed by atoms with Crippen LogP contribution >= 0.6 is 11.3 Å². The molecule has 20 heavy (non-hydrogen) atoms. The molecule has 106 valence electrons. The molecule has 2 aromatic heterocycles. The van der Waals surface area contributed by atoms with E-state index in [0.717, 1.165) is 11.3 Å². The second-order valence-electron chi connectivity index (χ2n) is 3.89. The van der Waals surface area contributed by atoms with Gasteiger partial charge >= 0.3 is 5.97 Å². The fourth-order valence-electron chi connectivity index (χ4n) is 1.45. The topological polar surface area (TPSA) is 102 Å². The van der Waals surface area contributed by atoms with E-state index in [-0.39, 0.29) is 29.6 Å². The first-order valence-corrected chi connectivity index (χ1v) is 6.61. The first-order valence-electron chi connectivity index (χ1n) is 5.73. The molecule has 0 bridgehead atoms. The Morgan fingerprint density at radius 1 is 1.55 bits per heavy atom. The third-order valence-electron chi connectivity index (χ3n) is 2.31. The van der Waals surface area contributed by atoms with Crippen molar-refractivity contribution in [3.8, 4) is 5.75 Å². The van der Waals surface area contributed by atoms with Crippen LogP contribution in [0.2, 0.25) is 0 Å². The van der Waals surface area contributed by atoms with Gasteiger partial charge < -0.3 is 19.7 Å². The Hall–Kier alpha value is -2.35. The lowest BCUT2D eigenvalue weighted by atomic mass is 10.4. The second-order valence-corrected chi connectivity index (χ2v) is 4.80. The monoisotopic (exact) mass is 296 g/mol. The third kappa shape index (κ3) is 3.58. The maximum Gasteiger partial charge on any atom is 0.349 e. The summed E-state index contributed by atoms with van der Waals surface area (Å²) in [6.45, 7) is 1.80. The van der Waals surface area contributed by atoms with E-state index in [2.05, 4.69) is 10.5 Å². The lowest BCUT2D eigenvalue weighted by molar-refractivity contribution is -0.116. The van der Waals surface area contributed by atoms with Gasteiger partial charge in [0.15, 0.2) is 10.7 Å². The number of amides is 1. The Labute approximate surface area is 118 Å². The van der Waals surface area contributed by atoms with Gasteiger partial charge in [-0.1, -0.05) is 5.16 Å². The largest absolute Gasteiger partial charge is 0.491 e. The van der Waals surface area contributed by atoms with Crippen LogP contribution in [0.5, 0.6) is 5.75 Å². The molecule has 0 aromatic carbocycles. The molecule has 0 radical (unpaired) electrons. The summed E-state index contributed by atoms with van der Waals surface area (Å²) in [5, 5.41) is 16.7. The van der Waals surface area contributed by atoms with Gasteiger partial charge in [0.2, 0.25) is 5.91 Å². The summed E-state index contributed by atoms with van der Waals surface area (Å²) in [4.78, 5) is 22.6. The smallest absolute Gasteiger partial charge is 0.349 e. The first-order chi connectivity index (χ1) is 9.56. The summed E-state index contributed by atoms with van der Waals surface area (Å²) < 4.78 is 10.1. The summed E-state index contributed by atoms with van der Waals surface area (Å²) in [5.74, 6) is -0.120. The van der Waals surface area contributed by atoms with E-state index < -0.39 is 5.97 Å². The molecule has 2 N–H and O–H groups in total. The van der Waals surface area contributed by atoms with Gasteiger partial charge in [-0.3, -0.25) is 4.79 Å². The normalized spacial score (nSPS) is 10.2. The van der Waals surface area contributed by atoms with Crippen LogP contribution in [-0.2, 0) is 4.79 Å². The average Bonchev–Trinajstić information content (AvgIpc) is 2.98. The van der Waals surface area contributed by atoms with E-state index in [0.29, 0.717) is 11.6 Å². The number of carboxylic acids is 1. The molecule has 0 aliphatic rings. The molecule has 0 saturated heterocycles. The van der Waals surface area contributed by atoms with Crippen LogP contribution in [0.25, 0.3) is 0 Å². The van der Waals surface area contributed by atoms with Crippen LogP contribution in [0, 0.1) is 6.92 Å². The number of ether oxygens (including phenoxy) is 1. The Balaban J connectivity index is 1.79. The number of anilines is 1. The number of aromatic carboxylic acids is 1. The van der Waals surface area contributed by atoms with Crippen molar-refractivity contribution in [3.05, 3.63) is 28.2 Å². The molecule has 2 heterocycles. The van der Waals surface area contributed by atoms with Crippen molar-refractivity contribution in [1.29, 1.82) is 0 Å². The Bertz CT molecular complexity index is 619. The number of carboxylic acid groups (broad SMARTS) is 1. The number of hydrogen-bond donors (Lipinski definition) is 2. The predicted molar refractivity (Wildman–Crippen MR) is 71.3 cm³/mol. The zero-order valence-corrected chi connectivity index (χ0v) is 11.4. The molecule has 0 spiro atoms. The number of thiophene rings is 1. The average molecular weight is 296 g/mol. The van der Waals surface area contributed by atoms with Crippen molar-refractivity contribution in [2.45, 2.75) is 13.3 Å². The van der Waals surface area contributed by atoms with Crippen LogP contribution in [0.1, 0.15) is 21.9 Å². The van der Waals surface area contributed by atoms with Crippen molar-refractivity contribution < 1.29 is 24.0 Å². The van der Waals surface area contributed by atoms with Gasteiger partial charge in [0.25, 0.3) is 0 Å². The lowest BCUT2D eigenvalue weighted by Crippen LogP contribution is -2.15. The predicted octanol–water partition coefficient (Wildman–Crippen LogP) is 2.15. The van der Waals surface area contributed by atoms with Gasteiger partial charge in [-0.25, -0.2) is 4.79 Å². The summed E-state index contributed by atoms with van der Waals surface area (Å²) in [6.07, 6.45) is 0.0841. The van der Waals surface area contributed by atoms with Crippen molar-refractivity contribution >= 4 is 29.0 Å². The minimum atomic E-state index is -1.04. The molecule has 8 heteroatoms. The van der Waals surface area contributed by atoms with E-state index >= 15 is 0 Å². The van der Waals surface area contributed by atoms with Gasteiger partial charge in [-0.05, 0) is 18.4 Å². The number of rotatable bonds is 6. The molecule has 2 aromatic rings. The molecule has 0 aliphatic carbocycles. The number of carbonyl (C=O) groups excluding carboxylic acids is 1. The molecule has 7 nitrogen and oxygen atoms in total.